The van der Waals surface area contributed by atoms with Gasteiger partial charge in [-0.05, 0) is 36.8 Å². The molecule has 0 aliphatic rings. The Labute approximate surface area is 113 Å². The number of rotatable bonds is 4. The fraction of sp³-hybridized carbons (Fsp3) is 0.385. The van der Waals surface area contributed by atoms with E-state index in [2.05, 4.69) is 11.4 Å². The largest absolute Gasteiger partial charge is 0.495 e. The molecule has 0 heterocycles. The number of benzene rings is 1. The van der Waals surface area contributed by atoms with Gasteiger partial charge in [-0.2, -0.15) is 5.26 Å². The maximum absolute atomic E-state index is 8.54. The summed E-state index contributed by atoms with van der Waals surface area (Å²) >= 11 is 5.27. The molecule has 0 aromatic heterocycles. The van der Waals surface area contributed by atoms with Crippen molar-refractivity contribution in [2.75, 3.05) is 26.0 Å². The molecule has 18 heavy (non-hydrogen) atoms. The van der Waals surface area contributed by atoms with Gasteiger partial charge in [-0.15, -0.1) is 0 Å². The third kappa shape index (κ3) is 3.90. The number of hydrogen-bond acceptors (Lipinski definition) is 3. The number of nitrogens with zero attached hydrogens (tertiary/aromatic N) is 2. The lowest BCUT2D eigenvalue weighted by atomic mass is 10.2. The van der Waals surface area contributed by atoms with E-state index in [0.717, 1.165) is 17.0 Å². The first-order valence-electron chi connectivity index (χ1n) is 5.62. The summed E-state index contributed by atoms with van der Waals surface area (Å²) < 4.78 is 5.27. The molecule has 5 heteroatoms. The van der Waals surface area contributed by atoms with Gasteiger partial charge in [0.05, 0.1) is 25.3 Å². The number of nitriles is 1. The Balaban J connectivity index is 2.75. The van der Waals surface area contributed by atoms with Crippen molar-refractivity contribution in [3.63, 3.8) is 0 Å². The van der Waals surface area contributed by atoms with E-state index >= 15 is 0 Å². The smallest absolute Gasteiger partial charge is 0.173 e. The quantitative estimate of drug-likeness (QED) is 0.846. The van der Waals surface area contributed by atoms with E-state index in [4.69, 9.17) is 22.2 Å². The lowest BCUT2D eigenvalue weighted by Gasteiger charge is -2.21. The maximum atomic E-state index is 8.54. The second kappa shape index (κ2) is 6.82. The van der Waals surface area contributed by atoms with Gasteiger partial charge in [0.25, 0.3) is 0 Å². The highest BCUT2D eigenvalue weighted by atomic mass is 32.1. The van der Waals surface area contributed by atoms with Gasteiger partial charge in [-0.3, -0.25) is 0 Å². The number of ether oxygens (including phenoxy) is 1. The molecular weight excluding hydrogens is 246 g/mol. The molecule has 0 saturated carbocycles. The third-order valence-corrected chi connectivity index (χ3v) is 2.92. The Morgan fingerprint density at radius 1 is 1.56 bits per heavy atom. The highest BCUT2D eigenvalue weighted by Crippen LogP contribution is 2.25. The molecule has 1 aromatic carbocycles. The van der Waals surface area contributed by atoms with E-state index < -0.39 is 0 Å². The fourth-order valence-corrected chi connectivity index (χ4v) is 1.65. The molecule has 0 unspecified atom stereocenters. The van der Waals surface area contributed by atoms with Crippen LogP contribution >= 0.6 is 12.2 Å². The molecule has 0 radical (unpaired) electrons. The Kier molecular flexibility index (Phi) is 5.40. The molecule has 0 fully saturated rings. The molecular formula is C13H17N3OS. The van der Waals surface area contributed by atoms with E-state index in [1.54, 1.807) is 7.11 Å². The average Bonchev–Trinajstić information content (AvgIpc) is 2.36. The zero-order chi connectivity index (χ0) is 13.5. The summed E-state index contributed by atoms with van der Waals surface area (Å²) in [6, 6.07) is 7.95. The van der Waals surface area contributed by atoms with Crippen LogP contribution in [0.15, 0.2) is 18.2 Å². The van der Waals surface area contributed by atoms with Gasteiger partial charge in [-0.1, -0.05) is 6.07 Å². The zero-order valence-corrected chi connectivity index (χ0v) is 11.7. The highest BCUT2D eigenvalue weighted by Gasteiger charge is 2.08. The van der Waals surface area contributed by atoms with Crippen molar-refractivity contribution in [3.05, 3.63) is 23.8 Å². The van der Waals surface area contributed by atoms with E-state index in [1.165, 1.54) is 0 Å². The Hall–Kier alpha value is -1.80. The van der Waals surface area contributed by atoms with Crippen molar-refractivity contribution in [2.45, 2.75) is 13.3 Å². The lowest BCUT2D eigenvalue weighted by Crippen LogP contribution is -2.31. The van der Waals surface area contributed by atoms with Crippen LogP contribution < -0.4 is 10.1 Å². The molecule has 0 amide bonds. The second-order valence-corrected chi connectivity index (χ2v) is 4.35. The summed E-state index contributed by atoms with van der Waals surface area (Å²) in [6.45, 7) is 2.61. The topological polar surface area (TPSA) is 48.3 Å². The van der Waals surface area contributed by atoms with Gasteiger partial charge in [0, 0.05) is 13.6 Å². The standard InChI is InChI=1S/C13H17N3OS/c1-10-5-6-12(17-3)11(9-10)15-13(18)16(2)8-4-7-14/h5-6,9H,4,8H2,1-3H3,(H,15,18). The van der Waals surface area contributed by atoms with Crippen molar-refractivity contribution >= 4 is 23.0 Å². The minimum absolute atomic E-state index is 0.448. The predicted octanol–water partition coefficient (Wildman–Crippen LogP) is 2.55. The van der Waals surface area contributed by atoms with Gasteiger partial charge < -0.3 is 15.0 Å². The van der Waals surface area contributed by atoms with Crippen molar-refractivity contribution < 1.29 is 4.74 Å². The first kappa shape index (κ1) is 14.3. The van der Waals surface area contributed by atoms with Gasteiger partial charge in [-0.25, -0.2) is 0 Å². The van der Waals surface area contributed by atoms with Crippen LogP contribution in [0.2, 0.25) is 0 Å². The molecule has 96 valence electrons. The molecule has 1 N–H and O–H groups in total. The molecule has 1 aromatic rings. The number of nitrogens with one attached hydrogen (secondary N) is 1. The summed E-state index contributed by atoms with van der Waals surface area (Å²) in [6.07, 6.45) is 0.448. The summed E-state index contributed by atoms with van der Waals surface area (Å²) in [5, 5.41) is 12.3. The molecule has 0 bridgehead atoms. The molecule has 0 spiro atoms. The normalized spacial score (nSPS) is 9.44. The van der Waals surface area contributed by atoms with Crippen molar-refractivity contribution in [2.24, 2.45) is 0 Å². The zero-order valence-electron chi connectivity index (χ0n) is 10.9. The number of hydrogen-bond donors (Lipinski definition) is 1. The van der Waals surface area contributed by atoms with E-state index in [-0.39, 0.29) is 0 Å². The fourth-order valence-electron chi connectivity index (χ4n) is 1.45. The molecule has 0 saturated heterocycles. The van der Waals surface area contributed by atoms with Crippen LogP contribution in [0.5, 0.6) is 5.75 Å². The van der Waals surface area contributed by atoms with Crippen molar-refractivity contribution in [1.29, 1.82) is 5.26 Å². The Bertz CT molecular complexity index is 468. The maximum Gasteiger partial charge on any atom is 0.173 e. The average molecular weight is 263 g/mol. The summed E-state index contributed by atoms with van der Waals surface area (Å²) in [5.74, 6) is 0.747. The van der Waals surface area contributed by atoms with Gasteiger partial charge in [0.2, 0.25) is 0 Å². The number of anilines is 1. The van der Waals surface area contributed by atoms with Crippen LogP contribution in [0.4, 0.5) is 5.69 Å². The van der Waals surface area contributed by atoms with Gasteiger partial charge >= 0.3 is 0 Å². The molecule has 1 rings (SSSR count). The van der Waals surface area contributed by atoms with Gasteiger partial charge in [0.1, 0.15) is 5.75 Å². The molecule has 4 nitrogen and oxygen atoms in total. The highest BCUT2D eigenvalue weighted by molar-refractivity contribution is 7.80. The monoisotopic (exact) mass is 263 g/mol. The van der Waals surface area contributed by atoms with Crippen LogP contribution in [0, 0.1) is 18.3 Å². The van der Waals surface area contributed by atoms with E-state index in [0.29, 0.717) is 18.1 Å². The Morgan fingerprint density at radius 3 is 2.89 bits per heavy atom. The lowest BCUT2D eigenvalue weighted by molar-refractivity contribution is 0.416. The minimum Gasteiger partial charge on any atom is -0.495 e. The van der Waals surface area contributed by atoms with Crippen LogP contribution in [0.3, 0.4) is 0 Å². The van der Waals surface area contributed by atoms with Crippen LogP contribution in [-0.4, -0.2) is 30.7 Å². The van der Waals surface area contributed by atoms with Crippen LogP contribution in [0.1, 0.15) is 12.0 Å². The van der Waals surface area contributed by atoms with E-state index in [1.807, 2.05) is 37.1 Å². The van der Waals surface area contributed by atoms with Crippen molar-refractivity contribution in [3.8, 4) is 11.8 Å². The number of thiocarbonyl (C=S) groups is 1. The first-order valence-corrected chi connectivity index (χ1v) is 6.03. The minimum atomic E-state index is 0.448. The van der Waals surface area contributed by atoms with Crippen LogP contribution in [0.25, 0.3) is 0 Å². The van der Waals surface area contributed by atoms with Gasteiger partial charge in [0.15, 0.2) is 5.11 Å². The second-order valence-electron chi connectivity index (χ2n) is 3.96. The molecule has 0 aliphatic carbocycles. The molecule has 0 aliphatic heterocycles. The first-order chi connectivity index (χ1) is 8.58. The third-order valence-electron chi connectivity index (χ3n) is 2.50. The summed E-state index contributed by atoms with van der Waals surface area (Å²) in [4.78, 5) is 1.83. The summed E-state index contributed by atoms with van der Waals surface area (Å²) in [5.41, 5.74) is 1.96. The Morgan fingerprint density at radius 2 is 2.28 bits per heavy atom. The van der Waals surface area contributed by atoms with Crippen molar-refractivity contribution in [1.82, 2.24) is 4.90 Å². The van der Waals surface area contributed by atoms with E-state index in [9.17, 15) is 0 Å². The molecule has 0 atom stereocenters. The predicted molar refractivity (Wildman–Crippen MR) is 76.8 cm³/mol. The summed E-state index contributed by atoms with van der Waals surface area (Å²) in [7, 11) is 3.48. The SMILES string of the molecule is COc1ccc(C)cc1NC(=S)N(C)CCC#N. The number of aryl methyl sites for hydroxylation is 1. The van der Waals surface area contributed by atoms with Crippen LogP contribution in [-0.2, 0) is 0 Å². The number of methoxy groups -OCH3 is 1.